The van der Waals surface area contributed by atoms with Crippen LogP contribution >= 0.6 is 11.3 Å². The predicted octanol–water partition coefficient (Wildman–Crippen LogP) is 2.93. The molecule has 0 atom stereocenters. The molecule has 0 amide bonds. The lowest BCUT2D eigenvalue weighted by molar-refractivity contribution is 0.415. The molecule has 2 aromatic heterocycles. The zero-order chi connectivity index (χ0) is 12.5. The molecule has 0 saturated carbocycles. The summed E-state index contributed by atoms with van der Waals surface area (Å²) in [4.78, 5) is 16.5. The standard InChI is InChI=1S/C13H9NO3S/c1-16-9-4-2-8(3-5-9)10-6-18-12-11(10)13(15)17-7-14-12/h2-7H,1H3. The molecule has 3 rings (SSSR count). The molecule has 0 saturated heterocycles. The molecule has 0 bridgehead atoms. The number of methoxy groups -OCH3 is 1. The van der Waals surface area contributed by atoms with E-state index in [0.717, 1.165) is 16.9 Å². The van der Waals surface area contributed by atoms with Gasteiger partial charge in [0.2, 0.25) is 0 Å². The molecule has 90 valence electrons. The molecule has 5 heteroatoms. The molecule has 0 aliphatic carbocycles. The minimum atomic E-state index is -0.355. The normalized spacial score (nSPS) is 10.7. The van der Waals surface area contributed by atoms with Gasteiger partial charge >= 0.3 is 5.63 Å². The van der Waals surface area contributed by atoms with Gasteiger partial charge in [0, 0.05) is 10.9 Å². The SMILES string of the molecule is COc1ccc(-c2csc3ncoc(=O)c23)cc1. The molecule has 0 fully saturated rings. The topological polar surface area (TPSA) is 52.3 Å². The molecule has 1 aromatic carbocycles. The van der Waals surface area contributed by atoms with Gasteiger partial charge in [0.25, 0.3) is 0 Å². The monoisotopic (exact) mass is 259 g/mol. The summed E-state index contributed by atoms with van der Waals surface area (Å²) in [6.45, 7) is 0. The number of ether oxygens (including phenoxy) is 1. The van der Waals surface area contributed by atoms with Crippen LogP contribution in [0.25, 0.3) is 21.3 Å². The number of hydrogen-bond acceptors (Lipinski definition) is 5. The number of hydrogen-bond donors (Lipinski definition) is 0. The van der Waals surface area contributed by atoms with Gasteiger partial charge < -0.3 is 9.15 Å². The van der Waals surface area contributed by atoms with Crippen LogP contribution in [-0.2, 0) is 0 Å². The van der Waals surface area contributed by atoms with E-state index < -0.39 is 0 Å². The Kier molecular flexibility index (Phi) is 2.60. The Labute approximate surface area is 106 Å². The third kappa shape index (κ3) is 1.69. The van der Waals surface area contributed by atoms with Gasteiger partial charge in [-0.3, -0.25) is 0 Å². The van der Waals surface area contributed by atoms with Gasteiger partial charge in [-0.1, -0.05) is 12.1 Å². The molecule has 0 N–H and O–H groups in total. The lowest BCUT2D eigenvalue weighted by Gasteiger charge is -2.01. The van der Waals surface area contributed by atoms with Crippen molar-refractivity contribution in [2.24, 2.45) is 0 Å². The van der Waals surface area contributed by atoms with E-state index >= 15 is 0 Å². The van der Waals surface area contributed by atoms with Gasteiger partial charge in [0.05, 0.1) is 7.11 Å². The van der Waals surface area contributed by atoms with E-state index in [-0.39, 0.29) is 5.63 Å². The Morgan fingerprint density at radius 1 is 1.28 bits per heavy atom. The highest BCUT2D eigenvalue weighted by Crippen LogP contribution is 2.31. The first-order valence-corrected chi connectivity index (χ1v) is 6.17. The van der Waals surface area contributed by atoms with E-state index in [1.807, 2.05) is 29.6 Å². The summed E-state index contributed by atoms with van der Waals surface area (Å²) in [7, 11) is 1.62. The molecule has 2 heterocycles. The number of rotatable bonds is 2. The molecule has 0 aliphatic heterocycles. The van der Waals surface area contributed by atoms with Gasteiger partial charge in [-0.2, -0.15) is 0 Å². The van der Waals surface area contributed by atoms with Crippen molar-refractivity contribution < 1.29 is 9.15 Å². The second-order valence-electron chi connectivity index (χ2n) is 3.70. The van der Waals surface area contributed by atoms with Crippen molar-refractivity contribution in [2.75, 3.05) is 7.11 Å². The van der Waals surface area contributed by atoms with E-state index in [1.54, 1.807) is 7.11 Å². The van der Waals surface area contributed by atoms with E-state index in [0.29, 0.717) is 10.2 Å². The fourth-order valence-electron chi connectivity index (χ4n) is 1.80. The molecule has 0 spiro atoms. The highest BCUT2D eigenvalue weighted by Gasteiger charge is 2.11. The van der Waals surface area contributed by atoms with Crippen LogP contribution in [0.1, 0.15) is 0 Å². The summed E-state index contributed by atoms with van der Waals surface area (Å²) in [5, 5.41) is 2.45. The molecule has 0 aliphatic rings. The van der Waals surface area contributed by atoms with Crippen molar-refractivity contribution in [3.05, 3.63) is 46.5 Å². The van der Waals surface area contributed by atoms with Crippen LogP contribution in [-0.4, -0.2) is 12.1 Å². The Morgan fingerprint density at radius 3 is 2.78 bits per heavy atom. The van der Waals surface area contributed by atoms with Crippen LogP contribution in [0, 0.1) is 0 Å². The lowest BCUT2D eigenvalue weighted by atomic mass is 10.1. The summed E-state index contributed by atoms with van der Waals surface area (Å²) in [6, 6.07) is 7.53. The minimum absolute atomic E-state index is 0.355. The minimum Gasteiger partial charge on any atom is -0.497 e. The molecule has 4 nitrogen and oxygen atoms in total. The first kappa shape index (κ1) is 11.0. The maximum absolute atomic E-state index is 11.7. The van der Waals surface area contributed by atoms with Crippen LogP contribution in [0.5, 0.6) is 5.75 Å². The fraction of sp³-hybridized carbons (Fsp3) is 0.0769. The maximum atomic E-state index is 11.7. The quantitative estimate of drug-likeness (QED) is 0.710. The Bertz CT molecular complexity index is 743. The highest BCUT2D eigenvalue weighted by molar-refractivity contribution is 7.17. The second kappa shape index (κ2) is 4.27. The predicted molar refractivity (Wildman–Crippen MR) is 70.1 cm³/mol. The van der Waals surface area contributed by atoms with Gasteiger partial charge in [-0.05, 0) is 17.7 Å². The summed E-state index contributed by atoms with van der Waals surface area (Å²) >= 11 is 1.43. The summed E-state index contributed by atoms with van der Waals surface area (Å²) < 4.78 is 9.93. The average Bonchev–Trinajstić information content (AvgIpc) is 2.84. The summed E-state index contributed by atoms with van der Waals surface area (Å²) in [6.07, 6.45) is 1.18. The van der Waals surface area contributed by atoms with Gasteiger partial charge in [-0.15, -0.1) is 11.3 Å². The van der Waals surface area contributed by atoms with Crippen molar-refractivity contribution in [1.29, 1.82) is 0 Å². The van der Waals surface area contributed by atoms with Crippen LogP contribution in [0.2, 0.25) is 0 Å². The molecule has 0 radical (unpaired) electrons. The Morgan fingerprint density at radius 2 is 2.06 bits per heavy atom. The molecule has 18 heavy (non-hydrogen) atoms. The zero-order valence-corrected chi connectivity index (χ0v) is 10.4. The second-order valence-corrected chi connectivity index (χ2v) is 4.56. The average molecular weight is 259 g/mol. The van der Waals surface area contributed by atoms with E-state index in [9.17, 15) is 4.79 Å². The van der Waals surface area contributed by atoms with Crippen LogP contribution < -0.4 is 10.4 Å². The number of aromatic nitrogens is 1. The lowest BCUT2D eigenvalue weighted by Crippen LogP contribution is -1.98. The van der Waals surface area contributed by atoms with Crippen LogP contribution in [0.4, 0.5) is 0 Å². The maximum Gasteiger partial charge on any atom is 0.348 e. The third-order valence-corrected chi connectivity index (χ3v) is 3.59. The highest BCUT2D eigenvalue weighted by atomic mass is 32.1. The summed E-state index contributed by atoms with van der Waals surface area (Å²) in [5.74, 6) is 0.781. The third-order valence-electron chi connectivity index (χ3n) is 2.71. The van der Waals surface area contributed by atoms with Gasteiger partial charge in [-0.25, -0.2) is 9.78 Å². The van der Waals surface area contributed by atoms with Crippen molar-refractivity contribution in [3.63, 3.8) is 0 Å². The smallest absolute Gasteiger partial charge is 0.348 e. The van der Waals surface area contributed by atoms with Crippen molar-refractivity contribution in [1.82, 2.24) is 4.98 Å². The largest absolute Gasteiger partial charge is 0.497 e. The zero-order valence-electron chi connectivity index (χ0n) is 9.54. The van der Waals surface area contributed by atoms with Crippen molar-refractivity contribution in [3.8, 4) is 16.9 Å². The number of nitrogens with zero attached hydrogens (tertiary/aromatic N) is 1. The number of thiophene rings is 1. The Balaban J connectivity index is 2.22. The first-order chi connectivity index (χ1) is 8.79. The Hall–Kier alpha value is -2.14. The van der Waals surface area contributed by atoms with E-state index in [2.05, 4.69) is 4.98 Å². The van der Waals surface area contributed by atoms with Crippen LogP contribution in [0.15, 0.2) is 45.3 Å². The number of benzene rings is 1. The molecule has 3 aromatic rings. The molecular formula is C13H9NO3S. The van der Waals surface area contributed by atoms with Crippen molar-refractivity contribution >= 4 is 21.6 Å². The molecular weight excluding hydrogens is 250 g/mol. The van der Waals surface area contributed by atoms with Crippen LogP contribution in [0.3, 0.4) is 0 Å². The summed E-state index contributed by atoms with van der Waals surface area (Å²) in [5.41, 5.74) is 1.44. The van der Waals surface area contributed by atoms with E-state index in [1.165, 1.54) is 17.7 Å². The molecule has 0 unspecified atom stereocenters. The van der Waals surface area contributed by atoms with E-state index in [4.69, 9.17) is 9.15 Å². The first-order valence-electron chi connectivity index (χ1n) is 5.29. The number of fused-ring (bicyclic) bond motifs is 1. The van der Waals surface area contributed by atoms with Crippen molar-refractivity contribution in [2.45, 2.75) is 0 Å². The van der Waals surface area contributed by atoms with Gasteiger partial charge in [0.1, 0.15) is 16.0 Å². The fourth-order valence-corrected chi connectivity index (χ4v) is 2.70. The van der Waals surface area contributed by atoms with Gasteiger partial charge in [0.15, 0.2) is 6.39 Å².